The molecule has 0 bridgehead atoms. The first-order valence-corrected chi connectivity index (χ1v) is 11.6. The summed E-state index contributed by atoms with van der Waals surface area (Å²) in [5, 5.41) is 16.7. The maximum Gasteiger partial charge on any atom is 0.269 e. The Kier molecular flexibility index (Phi) is 6.15. The van der Waals surface area contributed by atoms with Gasteiger partial charge in [-0.15, -0.1) is 0 Å². The number of nitrogens with two attached hydrogens (primary N) is 1. The van der Waals surface area contributed by atoms with Gasteiger partial charge in [-0.2, -0.15) is 10.4 Å². The number of carbonyl (C=O) groups is 1. The summed E-state index contributed by atoms with van der Waals surface area (Å²) in [6, 6.07) is 5.12. The van der Waals surface area contributed by atoms with Gasteiger partial charge in [0.1, 0.15) is 18.1 Å². The van der Waals surface area contributed by atoms with Crippen molar-refractivity contribution in [3.8, 4) is 23.2 Å². The number of anilines is 3. The zero-order valence-electron chi connectivity index (χ0n) is 20.1. The third kappa shape index (κ3) is 4.18. The van der Waals surface area contributed by atoms with Crippen LogP contribution >= 0.6 is 0 Å². The minimum atomic E-state index is -0.647. The second-order valence-corrected chi connectivity index (χ2v) is 8.84. The van der Waals surface area contributed by atoms with Crippen molar-refractivity contribution in [1.82, 2.24) is 24.6 Å². The lowest BCUT2D eigenvalue weighted by Crippen LogP contribution is -2.44. The minimum absolute atomic E-state index is 0.0536. The minimum Gasteiger partial charge on any atom is -0.494 e. The molecule has 2 aliphatic rings. The van der Waals surface area contributed by atoms with Gasteiger partial charge in [-0.3, -0.25) is 4.79 Å². The Labute approximate surface area is 207 Å². The van der Waals surface area contributed by atoms with Gasteiger partial charge in [-0.05, 0) is 31.5 Å². The molecule has 5 rings (SSSR count). The molecular weight excluding hydrogens is 465 g/mol. The van der Waals surface area contributed by atoms with Crippen LogP contribution in [0.5, 0.6) is 5.75 Å². The first-order chi connectivity index (χ1) is 17.4. The summed E-state index contributed by atoms with van der Waals surface area (Å²) < 4.78 is 21.8. The molecule has 0 spiro atoms. The van der Waals surface area contributed by atoms with Crippen molar-refractivity contribution in [1.29, 1.82) is 5.26 Å². The van der Waals surface area contributed by atoms with E-state index in [1.807, 2.05) is 11.9 Å². The molecule has 0 radical (unpaired) electrons. The van der Waals surface area contributed by atoms with E-state index in [1.165, 1.54) is 17.9 Å². The second-order valence-electron chi connectivity index (χ2n) is 8.84. The zero-order valence-corrected chi connectivity index (χ0v) is 20.1. The topological polar surface area (TPSA) is 138 Å². The highest BCUT2D eigenvalue weighted by Gasteiger charge is 2.29. The Balaban J connectivity index is 1.53. The number of nitriles is 1. The summed E-state index contributed by atoms with van der Waals surface area (Å²) in [7, 11) is 3.52. The van der Waals surface area contributed by atoms with Crippen LogP contribution in [-0.2, 0) is 19.4 Å². The number of hydrogen-bond acceptors (Lipinski definition) is 9. The smallest absolute Gasteiger partial charge is 0.269 e. The van der Waals surface area contributed by atoms with Crippen LogP contribution in [-0.4, -0.2) is 70.9 Å². The Morgan fingerprint density at radius 2 is 2.06 bits per heavy atom. The van der Waals surface area contributed by atoms with Gasteiger partial charge in [-0.25, -0.2) is 19.0 Å². The average molecular weight is 492 g/mol. The maximum absolute atomic E-state index is 14.9. The monoisotopic (exact) mass is 491 g/mol. The predicted molar refractivity (Wildman–Crippen MR) is 131 cm³/mol. The van der Waals surface area contributed by atoms with Crippen molar-refractivity contribution in [3.05, 3.63) is 41.0 Å². The number of piperazine rings is 1. The number of halogens is 1. The maximum atomic E-state index is 14.9. The van der Waals surface area contributed by atoms with E-state index in [-0.39, 0.29) is 24.0 Å². The SMILES string of the molecule is COc1cc(F)c(N2CCN(C)CC2)cc1Nc1ncc2c(n1)-c1c(c(C(N)=O)nn1CC#N)CC2. The molecule has 3 heterocycles. The van der Waals surface area contributed by atoms with E-state index in [4.69, 9.17) is 15.5 Å². The quantitative estimate of drug-likeness (QED) is 0.528. The van der Waals surface area contributed by atoms with E-state index in [2.05, 4.69) is 26.4 Å². The molecule has 0 saturated carbocycles. The number of aryl methyl sites for hydroxylation is 1. The molecule has 1 amide bonds. The van der Waals surface area contributed by atoms with Gasteiger partial charge in [0.15, 0.2) is 5.69 Å². The van der Waals surface area contributed by atoms with Crippen LogP contribution < -0.4 is 20.7 Å². The number of nitrogens with zero attached hydrogens (tertiary/aromatic N) is 7. The number of carbonyl (C=O) groups excluding carboxylic acids is 1. The Morgan fingerprint density at radius 1 is 1.28 bits per heavy atom. The molecule has 0 unspecified atom stereocenters. The molecule has 1 aromatic carbocycles. The van der Waals surface area contributed by atoms with Crippen LogP contribution in [0.15, 0.2) is 18.3 Å². The van der Waals surface area contributed by atoms with Gasteiger partial charge < -0.3 is 25.6 Å². The first kappa shape index (κ1) is 23.5. The molecule has 12 heteroatoms. The van der Waals surface area contributed by atoms with Crippen LogP contribution in [0.3, 0.4) is 0 Å². The number of rotatable bonds is 6. The summed E-state index contributed by atoms with van der Waals surface area (Å²) >= 11 is 0. The lowest BCUT2D eigenvalue weighted by atomic mass is 9.93. The van der Waals surface area contributed by atoms with Gasteiger partial charge in [-0.1, -0.05) is 0 Å². The lowest BCUT2D eigenvalue weighted by molar-refractivity contribution is 0.0994. The van der Waals surface area contributed by atoms with Gasteiger partial charge in [0.05, 0.1) is 35.9 Å². The number of primary amides is 1. The van der Waals surface area contributed by atoms with Gasteiger partial charge in [0, 0.05) is 44.0 Å². The van der Waals surface area contributed by atoms with Crippen LogP contribution in [0.1, 0.15) is 21.6 Å². The molecule has 1 fully saturated rings. The molecule has 1 saturated heterocycles. The van der Waals surface area contributed by atoms with E-state index < -0.39 is 5.91 Å². The Bertz CT molecular complexity index is 1370. The number of amides is 1. The van der Waals surface area contributed by atoms with E-state index >= 15 is 0 Å². The van der Waals surface area contributed by atoms with Crippen molar-refractivity contribution in [2.45, 2.75) is 19.4 Å². The highest BCUT2D eigenvalue weighted by molar-refractivity contribution is 5.94. The molecule has 3 aromatic rings. The largest absolute Gasteiger partial charge is 0.494 e. The molecule has 3 N–H and O–H groups in total. The molecule has 186 valence electrons. The van der Waals surface area contributed by atoms with Crippen molar-refractivity contribution in [3.63, 3.8) is 0 Å². The fourth-order valence-corrected chi connectivity index (χ4v) is 4.72. The molecule has 1 aliphatic carbocycles. The highest BCUT2D eigenvalue weighted by Crippen LogP contribution is 2.37. The lowest BCUT2D eigenvalue weighted by Gasteiger charge is -2.34. The summed E-state index contributed by atoms with van der Waals surface area (Å²) in [6.07, 6.45) is 2.86. The number of nitrogens with one attached hydrogen (secondary N) is 1. The average Bonchev–Trinajstić information content (AvgIpc) is 3.25. The molecule has 0 atom stereocenters. The van der Waals surface area contributed by atoms with Crippen molar-refractivity contribution in [2.24, 2.45) is 5.73 Å². The molecule has 1 aliphatic heterocycles. The molecular formula is C24H26FN9O2. The summed E-state index contributed by atoms with van der Waals surface area (Å²) in [4.78, 5) is 25.3. The number of ether oxygens (including phenoxy) is 1. The van der Waals surface area contributed by atoms with Crippen LogP contribution in [0.4, 0.5) is 21.7 Å². The summed E-state index contributed by atoms with van der Waals surface area (Å²) in [6.45, 7) is 3.05. The van der Waals surface area contributed by atoms with Gasteiger partial charge in [0.2, 0.25) is 5.95 Å². The van der Waals surface area contributed by atoms with E-state index in [9.17, 15) is 14.4 Å². The number of benzene rings is 1. The number of hydrogen-bond donors (Lipinski definition) is 2. The van der Waals surface area contributed by atoms with Crippen LogP contribution in [0.2, 0.25) is 0 Å². The fourth-order valence-electron chi connectivity index (χ4n) is 4.72. The number of aromatic nitrogens is 4. The predicted octanol–water partition coefficient (Wildman–Crippen LogP) is 1.70. The number of methoxy groups -OCH3 is 1. The van der Waals surface area contributed by atoms with E-state index in [0.29, 0.717) is 60.0 Å². The molecule has 36 heavy (non-hydrogen) atoms. The third-order valence-corrected chi connectivity index (χ3v) is 6.60. The fraction of sp³-hybridized carbons (Fsp3) is 0.375. The molecule has 11 nitrogen and oxygen atoms in total. The van der Waals surface area contributed by atoms with Gasteiger partial charge >= 0.3 is 0 Å². The third-order valence-electron chi connectivity index (χ3n) is 6.60. The van der Waals surface area contributed by atoms with Crippen molar-refractivity contribution in [2.75, 3.05) is 50.6 Å². The van der Waals surface area contributed by atoms with Crippen molar-refractivity contribution < 1.29 is 13.9 Å². The van der Waals surface area contributed by atoms with Crippen molar-refractivity contribution >= 4 is 23.2 Å². The summed E-state index contributed by atoms with van der Waals surface area (Å²) in [5.41, 5.74) is 9.38. The Morgan fingerprint density at radius 3 is 2.75 bits per heavy atom. The highest BCUT2D eigenvalue weighted by atomic mass is 19.1. The standard InChI is InChI=1S/C24H26FN9O2/c1-32-7-9-33(10-8-32)18-12-17(19(36-2)11-16(18)25)29-24-28-13-14-3-4-15-21(23(27)35)31-34(6-5-26)22(15)20(14)30-24/h11-13H,3-4,6-10H2,1-2H3,(H2,27,35)(H,28,29,30). The second kappa shape index (κ2) is 9.43. The van der Waals surface area contributed by atoms with E-state index in [1.54, 1.807) is 12.3 Å². The molecule has 2 aromatic heterocycles. The summed E-state index contributed by atoms with van der Waals surface area (Å²) in [5.74, 6) is -0.428. The Hall–Kier alpha value is -4.24. The van der Waals surface area contributed by atoms with Crippen LogP contribution in [0, 0.1) is 17.1 Å². The van der Waals surface area contributed by atoms with Crippen LogP contribution in [0.25, 0.3) is 11.4 Å². The first-order valence-electron chi connectivity index (χ1n) is 11.6. The zero-order chi connectivity index (χ0) is 25.4. The number of likely N-dealkylation sites (N-methyl/N-ethyl adjacent to an activating group) is 1. The normalized spacial score (nSPS) is 15.1. The number of fused-ring (bicyclic) bond motifs is 3. The van der Waals surface area contributed by atoms with Gasteiger partial charge in [0.25, 0.3) is 5.91 Å². The van der Waals surface area contributed by atoms with E-state index in [0.717, 1.165) is 18.7 Å².